The molecular weight excluding hydrogens is 428 g/mol. The molecule has 1 N–H and O–H groups in total. The summed E-state index contributed by atoms with van der Waals surface area (Å²) in [5.41, 5.74) is 4.10. The van der Waals surface area contributed by atoms with Crippen LogP contribution >= 0.6 is 0 Å². The Morgan fingerprint density at radius 1 is 0.971 bits per heavy atom. The van der Waals surface area contributed by atoms with Gasteiger partial charge in [0.2, 0.25) is 0 Å². The molecule has 0 fully saturated rings. The van der Waals surface area contributed by atoms with E-state index in [1.54, 1.807) is 11.6 Å². The summed E-state index contributed by atoms with van der Waals surface area (Å²) >= 11 is 0. The van der Waals surface area contributed by atoms with Crippen molar-refractivity contribution in [3.63, 3.8) is 0 Å². The number of fused-ring (bicyclic) bond motifs is 4. The van der Waals surface area contributed by atoms with Gasteiger partial charge in [0.05, 0.1) is 34.4 Å². The highest BCUT2D eigenvalue weighted by molar-refractivity contribution is 5.97. The fourth-order valence-corrected chi connectivity index (χ4v) is 5.41. The van der Waals surface area contributed by atoms with Crippen LogP contribution in [0.15, 0.2) is 70.4 Å². The molecule has 0 spiro atoms. The lowest BCUT2D eigenvalue weighted by molar-refractivity contribution is -0.00642. The third-order valence-corrected chi connectivity index (χ3v) is 7.02. The Morgan fingerprint density at radius 3 is 2.44 bits per heavy atom. The molecule has 7 nitrogen and oxygen atoms in total. The van der Waals surface area contributed by atoms with Gasteiger partial charge in [0.25, 0.3) is 5.56 Å². The molecule has 0 saturated heterocycles. The van der Waals surface area contributed by atoms with Crippen molar-refractivity contribution >= 4 is 21.8 Å². The van der Waals surface area contributed by atoms with Crippen LogP contribution in [-0.4, -0.2) is 25.3 Å². The monoisotopic (exact) mass is 454 g/mol. The maximum absolute atomic E-state index is 13.6. The van der Waals surface area contributed by atoms with Crippen LogP contribution < -0.4 is 11.2 Å². The minimum Gasteiger partial charge on any atom is -0.365 e. The van der Waals surface area contributed by atoms with Crippen molar-refractivity contribution in [1.29, 1.82) is 0 Å². The number of nitrogens with zero attached hydrogens (tertiary/aromatic N) is 3. The summed E-state index contributed by atoms with van der Waals surface area (Å²) in [5, 5.41) is 1.59. The van der Waals surface area contributed by atoms with Gasteiger partial charge in [-0.2, -0.15) is 0 Å². The van der Waals surface area contributed by atoms with E-state index in [4.69, 9.17) is 4.74 Å². The van der Waals surface area contributed by atoms with Gasteiger partial charge in [-0.1, -0.05) is 48.5 Å². The number of aromatic nitrogens is 4. The van der Waals surface area contributed by atoms with Crippen molar-refractivity contribution < 1.29 is 4.74 Å². The third kappa shape index (κ3) is 2.67. The second-order valence-corrected chi connectivity index (χ2v) is 9.66. The molecule has 6 rings (SSSR count). The Bertz CT molecular complexity index is 1700. The number of ether oxygens (including phenoxy) is 1. The van der Waals surface area contributed by atoms with Gasteiger partial charge in [0, 0.05) is 36.8 Å². The molecule has 0 bridgehead atoms. The molecule has 0 saturated carbocycles. The first-order chi connectivity index (χ1) is 16.3. The first-order valence-electron chi connectivity index (χ1n) is 11.4. The standard InChI is InChI=1S/C27H26N4O3/c1-27(2)15-34-24(18-14-28-19-13-9-8-12-17(18)19)23-22-20(25(32)30(4)26(33)29(22)3)21(31(23)27)16-10-6-5-7-11-16/h5-14,24,28H,15H2,1-4H3. The van der Waals surface area contributed by atoms with Crippen molar-refractivity contribution in [3.05, 3.63) is 92.9 Å². The van der Waals surface area contributed by atoms with Crippen LogP contribution in [0, 0.1) is 0 Å². The van der Waals surface area contributed by atoms with E-state index in [2.05, 4.69) is 29.5 Å². The van der Waals surface area contributed by atoms with Crippen molar-refractivity contribution in [1.82, 2.24) is 18.7 Å². The van der Waals surface area contributed by atoms with Crippen LogP contribution in [0.3, 0.4) is 0 Å². The highest BCUT2D eigenvalue weighted by Gasteiger charge is 2.41. The van der Waals surface area contributed by atoms with Gasteiger partial charge >= 0.3 is 5.69 Å². The Morgan fingerprint density at radius 2 is 1.68 bits per heavy atom. The second-order valence-electron chi connectivity index (χ2n) is 9.66. The van der Waals surface area contributed by atoms with Crippen LogP contribution in [0.5, 0.6) is 0 Å². The number of nitrogens with one attached hydrogen (secondary N) is 1. The number of aromatic amines is 1. The molecule has 1 unspecified atom stereocenters. The van der Waals surface area contributed by atoms with E-state index in [9.17, 15) is 9.59 Å². The molecule has 3 aromatic heterocycles. The summed E-state index contributed by atoms with van der Waals surface area (Å²) in [7, 11) is 3.27. The lowest BCUT2D eigenvalue weighted by Crippen LogP contribution is -2.40. The zero-order valence-corrected chi connectivity index (χ0v) is 19.6. The molecule has 0 amide bonds. The summed E-state index contributed by atoms with van der Waals surface area (Å²) in [5.74, 6) is 0. The molecule has 7 heteroatoms. The number of para-hydroxylation sites is 1. The van der Waals surface area contributed by atoms with E-state index in [0.717, 1.165) is 33.4 Å². The van der Waals surface area contributed by atoms with Crippen molar-refractivity contribution in [2.75, 3.05) is 6.61 Å². The van der Waals surface area contributed by atoms with E-state index in [0.29, 0.717) is 17.5 Å². The molecule has 2 aromatic carbocycles. The molecule has 172 valence electrons. The highest BCUT2D eigenvalue weighted by atomic mass is 16.5. The van der Waals surface area contributed by atoms with Gasteiger partial charge in [0.1, 0.15) is 6.10 Å². The van der Waals surface area contributed by atoms with Gasteiger partial charge in [-0.15, -0.1) is 0 Å². The molecule has 34 heavy (non-hydrogen) atoms. The number of benzene rings is 2. The van der Waals surface area contributed by atoms with E-state index in [1.165, 1.54) is 11.6 Å². The summed E-state index contributed by atoms with van der Waals surface area (Å²) < 4.78 is 11.5. The Balaban J connectivity index is 1.83. The molecule has 1 aliphatic rings. The number of hydrogen-bond donors (Lipinski definition) is 1. The molecule has 1 aliphatic heterocycles. The van der Waals surface area contributed by atoms with Gasteiger partial charge in [-0.25, -0.2) is 4.79 Å². The SMILES string of the molecule is Cn1c(=O)c2c(-c3ccccc3)n3c(c2n(C)c1=O)C(c1c[nH]c2ccccc12)OCC3(C)C. The number of hydrogen-bond acceptors (Lipinski definition) is 3. The van der Waals surface area contributed by atoms with Crippen molar-refractivity contribution in [2.24, 2.45) is 14.1 Å². The average Bonchev–Trinajstić information content (AvgIpc) is 3.43. The number of rotatable bonds is 2. The summed E-state index contributed by atoms with van der Waals surface area (Å²) in [6.07, 6.45) is 1.53. The van der Waals surface area contributed by atoms with Crippen molar-refractivity contribution in [2.45, 2.75) is 25.5 Å². The van der Waals surface area contributed by atoms with Crippen LogP contribution in [0.4, 0.5) is 0 Å². The van der Waals surface area contributed by atoms with Crippen LogP contribution in [0.25, 0.3) is 33.1 Å². The minimum absolute atomic E-state index is 0.299. The molecule has 4 heterocycles. The number of H-pyrrole nitrogens is 1. The summed E-state index contributed by atoms with van der Waals surface area (Å²) in [6.45, 7) is 4.67. The minimum atomic E-state index is -0.443. The zero-order valence-electron chi connectivity index (χ0n) is 19.6. The Hall–Kier alpha value is -3.84. The van der Waals surface area contributed by atoms with Crippen LogP contribution in [-0.2, 0) is 24.4 Å². The Kier molecular flexibility index (Phi) is 4.32. The fourth-order valence-electron chi connectivity index (χ4n) is 5.41. The van der Waals surface area contributed by atoms with Gasteiger partial charge in [-0.05, 0) is 25.5 Å². The topological polar surface area (TPSA) is 74.0 Å². The Labute approximate surface area is 195 Å². The predicted molar refractivity (Wildman–Crippen MR) is 133 cm³/mol. The van der Waals surface area contributed by atoms with E-state index < -0.39 is 11.6 Å². The first-order valence-corrected chi connectivity index (χ1v) is 11.4. The van der Waals surface area contributed by atoms with E-state index >= 15 is 0 Å². The average molecular weight is 455 g/mol. The van der Waals surface area contributed by atoms with Crippen molar-refractivity contribution in [3.8, 4) is 11.3 Å². The molecule has 1 atom stereocenters. The van der Waals surface area contributed by atoms with E-state index in [1.807, 2.05) is 54.7 Å². The largest absolute Gasteiger partial charge is 0.365 e. The molecule has 5 aromatic rings. The van der Waals surface area contributed by atoms with Gasteiger partial charge in [0.15, 0.2) is 0 Å². The smallest absolute Gasteiger partial charge is 0.331 e. The lowest BCUT2D eigenvalue weighted by atomic mass is 9.97. The highest BCUT2D eigenvalue weighted by Crippen LogP contribution is 2.46. The molecule has 0 radical (unpaired) electrons. The summed E-state index contributed by atoms with van der Waals surface area (Å²) in [4.78, 5) is 30.0. The second kappa shape index (κ2) is 7.08. The zero-order chi connectivity index (χ0) is 23.8. The fraction of sp³-hybridized carbons (Fsp3) is 0.259. The van der Waals surface area contributed by atoms with Gasteiger partial charge in [-0.3, -0.25) is 13.9 Å². The number of aryl methyl sites for hydroxylation is 1. The summed E-state index contributed by atoms with van der Waals surface area (Å²) in [6, 6.07) is 18.0. The maximum Gasteiger partial charge on any atom is 0.331 e. The van der Waals surface area contributed by atoms with Crippen LogP contribution in [0.2, 0.25) is 0 Å². The quantitative estimate of drug-likeness (QED) is 0.438. The van der Waals surface area contributed by atoms with Crippen LogP contribution in [0.1, 0.15) is 31.2 Å². The maximum atomic E-state index is 13.6. The first kappa shape index (κ1) is 20.7. The molecule has 0 aliphatic carbocycles. The normalized spacial score (nSPS) is 17.4. The molecular formula is C27H26N4O3. The predicted octanol–water partition coefficient (Wildman–Crippen LogP) is 4.04. The van der Waals surface area contributed by atoms with Gasteiger partial charge < -0.3 is 14.3 Å². The third-order valence-electron chi connectivity index (χ3n) is 7.02. The lowest BCUT2D eigenvalue weighted by Gasteiger charge is -2.39. The van der Waals surface area contributed by atoms with E-state index in [-0.39, 0.29) is 11.2 Å².